The largest absolute Gasteiger partial charge is 0.384 e. The number of hydrogen-bond acceptors (Lipinski definition) is 3. The first-order valence-electron chi connectivity index (χ1n) is 6.11. The molecule has 0 saturated heterocycles. The second-order valence-corrected chi connectivity index (χ2v) is 4.74. The average molecular weight is 257 g/mol. The number of aryl methyl sites for hydroxylation is 2. The fourth-order valence-electron chi connectivity index (χ4n) is 2.03. The van der Waals surface area contributed by atoms with Crippen molar-refractivity contribution < 1.29 is 0 Å². The van der Waals surface area contributed by atoms with Gasteiger partial charge in [0.05, 0.1) is 6.54 Å². The third-order valence-electron chi connectivity index (χ3n) is 3.15. The molecule has 0 aliphatic rings. The van der Waals surface area contributed by atoms with Gasteiger partial charge in [0.25, 0.3) is 0 Å². The molecule has 1 heterocycles. The molecule has 2 aromatic rings. The van der Waals surface area contributed by atoms with Crippen LogP contribution < -0.4 is 10.6 Å². The number of nitrogens with zero attached hydrogens (tertiary/aromatic N) is 3. The monoisotopic (exact) mass is 257 g/mol. The highest BCUT2D eigenvalue weighted by molar-refractivity contribution is 6.00. The summed E-state index contributed by atoms with van der Waals surface area (Å²) in [6.07, 6.45) is 3.70. The second-order valence-electron chi connectivity index (χ2n) is 4.74. The number of nitrogens with two attached hydrogens (primary N) is 1. The number of imidazole rings is 1. The van der Waals surface area contributed by atoms with E-state index in [4.69, 9.17) is 11.1 Å². The number of aromatic nitrogens is 2. The highest BCUT2D eigenvalue weighted by Crippen LogP contribution is 2.22. The Balaban J connectivity index is 2.32. The van der Waals surface area contributed by atoms with E-state index in [1.54, 1.807) is 6.20 Å². The molecule has 19 heavy (non-hydrogen) atoms. The number of benzene rings is 1. The van der Waals surface area contributed by atoms with E-state index in [2.05, 4.69) is 9.88 Å². The van der Waals surface area contributed by atoms with Crippen molar-refractivity contribution >= 4 is 11.5 Å². The molecule has 1 aromatic carbocycles. The minimum Gasteiger partial charge on any atom is -0.384 e. The molecule has 0 atom stereocenters. The van der Waals surface area contributed by atoms with Gasteiger partial charge in [0, 0.05) is 37.7 Å². The Morgan fingerprint density at radius 1 is 1.47 bits per heavy atom. The van der Waals surface area contributed by atoms with Crippen molar-refractivity contribution in [3.63, 3.8) is 0 Å². The molecule has 3 N–H and O–H groups in total. The van der Waals surface area contributed by atoms with Crippen LogP contribution in [0, 0.1) is 12.3 Å². The summed E-state index contributed by atoms with van der Waals surface area (Å²) in [4.78, 5) is 6.38. The van der Waals surface area contributed by atoms with Crippen molar-refractivity contribution in [1.29, 1.82) is 5.41 Å². The highest BCUT2D eigenvalue weighted by Gasteiger charge is 2.12. The minimum atomic E-state index is 0.0849. The van der Waals surface area contributed by atoms with Crippen molar-refractivity contribution in [1.82, 2.24) is 9.55 Å². The van der Waals surface area contributed by atoms with E-state index in [9.17, 15) is 0 Å². The smallest absolute Gasteiger partial charge is 0.127 e. The van der Waals surface area contributed by atoms with E-state index in [0.29, 0.717) is 6.54 Å². The molecule has 5 heteroatoms. The zero-order chi connectivity index (χ0) is 14.0. The highest BCUT2D eigenvalue weighted by atomic mass is 15.2. The van der Waals surface area contributed by atoms with E-state index in [1.807, 2.05) is 50.0 Å². The molecule has 1 aromatic heterocycles. The van der Waals surface area contributed by atoms with Crippen molar-refractivity contribution in [2.45, 2.75) is 13.5 Å². The molecular formula is C14H19N5. The van der Waals surface area contributed by atoms with Gasteiger partial charge in [0.2, 0.25) is 0 Å². The van der Waals surface area contributed by atoms with E-state index >= 15 is 0 Å². The van der Waals surface area contributed by atoms with E-state index in [-0.39, 0.29) is 5.84 Å². The van der Waals surface area contributed by atoms with Crippen molar-refractivity contribution in [2.75, 3.05) is 11.9 Å². The van der Waals surface area contributed by atoms with Crippen LogP contribution in [-0.4, -0.2) is 22.4 Å². The Morgan fingerprint density at radius 2 is 2.21 bits per heavy atom. The van der Waals surface area contributed by atoms with Gasteiger partial charge in [0.15, 0.2) is 0 Å². The SMILES string of the molecule is Cc1ccc(C(=N)N)c(N(C)Cc2nccn2C)c1. The lowest BCUT2D eigenvalue weighted by Gasteiger charge is -2.22. The first-order chi connectivity index (χ1) is 8.99. The van der Waals surface area contributed by atoms with Gasteiger partial charge in [-0.25, -0.2) is 4.98 Å². The Labute approximate surface area is 113 Å². The van der Waals surface area contributed by atoms with Gasteiger partial charge in [0.1, 0.15) is 11.7 Å². The van der Waals surface area contributed by atoms with Crippen LogP contribution in [0.1, 0.15) is 17.0 Å². The summed E-state index contributed by atoms with van der Waals surface area (Å²) in [7, 11) is 3.95. The third-order valence-corrected chi connectivity index (χ3v) is 3.15. The van der Waals surface area contributed by atoms with Crippen molar-refractivity contribution in [2.24, 2.45) is 12.8 Å². The predicted molar refractivity (Wildman–Crippen MR) is 77.5 cm³/mol. The first kappa shape index (κ1) is 13.1. The molecular weight excluding hydrogens is 238 g/mol. The number of anilines is 1. The fraction of sp³-hybridized carbons (Fsp3) is 0.286. The molecule has 0 amide bonds. The number of nitrogen functional groups attached to an aromatic ring is 1. The summed E-state index contributed by atoms with van der Waals surface area (Å²) in [5, 5.41) is 7.66. The summed E-state index contributed by atoms with van der Waals surface area (Å²) in [6, 6.07) is 5.90. The molecule has 0 unspecified atom stereocenters. The molecule has 0 fully saturated rings. The Bertz CT molecular complexity index is 600. The summed E-state index contributed by atoms with van der Waals surface area (Å²) in [5.41, 5.74) is 8.49. The second kappa shape index (κ2) is 5.14. The van der Waals surface area contributed by atoms with Crippen molar-refractivity contribution in [3.05, 3.63) is 47.5 Å². The first-order valence-corrected chi connectivity index (χ1v) is 6.11. The minimum absolute atomic E-state index is 0.0849. The topological polar surface area (TPSA) is 70.9 Å². The zero-order valence-electron chi connectivity index (χ0n) is 11.5. The van der Waals surface area contributed by atoms with Crippen LogP contribution in [-0.2, 0) is 13.6 Å². The summed E-state index contributed by atoms with van der Waals surface area (Å²) in [5.74, 6) is 1.06. The predicted octanol–water partition coefficient (Wildman–Crippen LogP) is 1.65. The summed E-state index contributed by atoms with van der Waals surface area (Å²) in [6.45, 7) is 2.70. The van der Waals surface area contributed by atoms with Crippen LogP contribution in [0.25, 0.3) is 0 Å². The van der Waals surface area contributed by atoms with Gasteiger partial charge in [-0.2, -0.15) is 0 Å². The van der Waals surface area contributed by atoms with Crippen molar-refractivity contribution in [3.8, 4) is 0 Å². The summed E-state index contributed by atoms with van der Waals surface area (Å²) < 4.78 is 1.99. The van der Waals surface area contributed by atoms with Gasteiger partial charge >= 0.3 is 0 Å². The summed E-state index contributed by atoms with van der Waals surface area (Å²) >= 11 is 0. The Morgan fingerprint density at radius 3 is 2.79 bits per heavy atom. The number of nitrogens with one attached hydrogen (secondary N) is 1. The van der Waals surface area contributed by atoms with Crippen LogP contribution >= 0.6 is 0 Å². The lowest BCUT2D eigenvalue weighted by atomic mass is 10.1. The van der Waals surface area contributed by atoms with Crippen LogP contribution in [0.4, 0.5) is 5.69 Å². The number of amidine groups is 1. The van der Waals surface area contributed by atoms with Gasteiger partial charge in [-0.15, -0.1) is 0 Å². The lowest BCUT2D eigenvalue weighted by Crippen LogP contribution is -2.23. The molecule has 2 rings (SSSR count). The van der Waals surface area contributed by atoms with Crippen LogP contribution in [0.5, 0.6) is 0 Å². The third kappa shape index (κ3) is 2.76. The average Bonchev–Trinajstić information content (AvgIpc) is 2.74. The maximum atomic E-state index is 7.66. The molecule has 100 valence electrons. The molecule has 0 saturated carbocycles. The standard InChI is InChI=1S/C14H19N5/c1-10-4-5-11(14(15)16)12(8-10)19(3)9-13-17-6-7-18(13)2/h4-8H,9H2,1-3H3,(H3,15,16). The zero-order valence-corrected chi connectivity index (χ0v) is 11.5. The molecule has 0 spiro atoms. The van der Waals surface area contributed by atoms with Crippen LogP contribution in [0.3, 0.4) is 0 Å². The van der Waals surface area contributed by atoms with Gasteiger partial charge in [-0.3, -0.25) is 5.41 Å². The number of rotatable bonds is 4. The molecule has 0 radical (unpaired) electrons. The Kier molecular flexibility index (Phi) is 3.55. The number of hydrogen-bond donors (Lipinski definition) is 2. The quantitative estimate of drug-likeness (QED) is 0.646. The normalized spacial score (nSPS) is 10.5. The molecule has 0 aliphatic heterocycles. The molecule has 5 nitrogen and oxygen atoms in total. The van der Waals surface area contributed by atoms with Crippen LogP contribution in [0.15, 0.2) is 30.6 Å². The van der Waals surface area contributed by atoms with E-state index < -0.39 is 0 Å². The molecule has 0 bridgehead atoms. The van der Waals surface area contributed by atoms with Gasteiger partial charge < -0.3 is 15.2 Å². The van der Waals surface area contributed by atoms with Gasteiger partial charge in [-0.05, 0) is 24.6 Å². The molecule has 0 aliphatic carbocycles. The van der Waals surface area contributed by atoms with Gasteiger partial charge in [-0.1, -0.05) is 6.07 Å². The van der Waals surface area contributed by atoms with E-state index in [1.165, 1.54) is 0 Å². The maximum Gasteiger partial charge on any atom is 0.127 e. The van der Waals surface area contributed by atoms with Crippen LogP contribution in [0.2, 0.25) is 0 Å². The lowest BCUT2D eigenvalue weighted by molar-refractivity contribution is 0.761. The Hall–Kier alpha value is -2.30. The maximum absolute atomic E-state index is 7.66. The fourth-order valence-corrected chi connectivity index (χ4v) is 2.03. The van der Waals surface area contributed by atoms with E-state index in [0.717, 1.165) is 22.6 Å².